The first-order valence-corrected chi connectivity index (χ1v) is 6.62. The lowest BCUT2D eigenvalue weighted by atomic mass is 9.86. The van der Waals surface area contributed by atoms with E-state index in [0.717, 1.165) is 17.6 Å². The molecule has 1 aromatic heterocycles. The van der Waals surface area contributed by atoms with Gasteiger partial charge in [0.05, 0.1) is 0 Å². The van der Waals surface area contributed by atoms with Crippen LogP contribution in [0.1, 0.15) is 23.3 Å². The molecule has 2 aromatic rings. The van der Waals surface area contributed by atoms with Gasteiger partial charge in [-0.05, 0) is 51.7 Å². The number of Topliss-reactive ketones (excluding diaryl/α,β-unsaturated/α-hetero) is 1. The van der Waals surface area contributed by atoms with Gasteiger partial charge >= 0.3 is 0 Å². The van der Waals surface area contributed by atoms with Crippen molar-refractivity contribution >= 4 is 33.4 Å². The highest BCUT2D eigenvalue weighted by molar-refractivity contribution is 9.10. The molecule has 0 spiro atoms. The van der Waals surface area contributed by atoms with Crippen LogP contribution in [0.25, 0.3) is 11.6 Å². The van der Waals surface area contributed by atoms with Crippen molar-refractivity contribution < 1.29 is 9.21 Å². The zero-order valence-electron chi connectivity index (χ0n) is 9.65. The van der Waals surface area contributed by atoms with Gasteiger partial charge in [0.1, 0.15) is 5.76 Å². The van der Waals surface area contributed by atoms with Gasteiger partial charge in [0.25, 0.3) is 0 Å². The third kappa shape index (κ3) is 2.06. The number of carbonyl (C=O) groups excluding carboxylic acids is 1. The van der Waals surface area contributed by atoms with Gasteiger partial charge in [-0.1, -0.05) is 24.3 Å². The van der Waals surface area contributed by atoms with E-state index in [1.807, 2.05) is 36.4 Å². The molecule has 0 radical (unpaired) electrons. The fourth-order valence-electron chi connectivity index (χ4n) is 2.24. The van der Waals surface area contributed by atoms with Crippen LogP contribution in [0.4, 0.5) is 0 Å². The molecule has 0 amide bonds. The molecule has 3 heteroatoms. The molecule has 2 nitrogen and oxygen atoms in total. The lowest BCUT2D eigenvalue weighted by Crippen LogP contribution is -2.11. The highest BCUT2D eigenvalue weighted by Crippen LogP contribution is 2.30. The lowest BCUT2D eigenvalue weighted by Gasteiger charge is -2.17. The number of fused-ring (bicyclic) bond motifs is 1. The monoisotopic (exact) mass is 302 g/mol. The summed E-state index contributed by atoms with van der Waals surface area (Å²) in [5.41, 5.74) is 3.01. The molecule has 90 valence electrons. The van der Waals surface area contributed by atoms with Crippen molar-refractivity contribution in [1.29, 1.82) is 0 Å². The zero-order chi connectivity index (χ0) is 12.5. The first-order chi connectivity index (χ1) is 8.74. The molecular formula is C15H11BrO2. The van der Waals surface area contributed by atoms with Crippen molar-refractivity contribution in [2.45, 2.75) is 12.8 Å². The van der Waals surface area contributed by atoms with Crippen LogP contribution >= 0.6 is 15.9 Å². The van der Waals surface area contributed by atoms with Crippen molar-refractivity contribution in [2.24, 2.45) is 0 Å². The van der Waals surface area contributed by atoms with E-state index < -0.39 is 0 Å². The smallest absolute Gasteiger partial charge is 0.169 e. The van der Waals surface area contributed by atoms with E-state index in [2.05, 4.69) is 22.0 Å². The average Bonchev–Trinajstić information content (AvgIpc) is 2.79. The average molecular weight is 303 g/mol. The summed E-state index contributed by atoms with van der Waals surface area (Å²) in [4.78, 5) is 12.0. The van der Waals surface area contributed by atoms with Gasteiger partial charge in [0, 0.05) is 12.0 Å². The predicted molar refractivity (Wildman–Crippen MR) is 74.0 cm³/mol. The van der Waals surface area contributed by atoms with Crippen molar-refractivity contribution in [3.63, 3.8) is 0 Å². The molecule has 18 heavy (non-hydrogen) atoms. The maximum atomic E-state index is 12.0. The van der Waals surface area contributed by atoms with Crippen LogP contribution in [0.2, 0.25) is 0 Å². The van der Waals surface area contributed by atoms with Crippen molar-refractivity contribution in [1.82, 2.24) is 0 Å². The third-order valence-electron chi connectivity index (χ3n) is 3.11. The van der Waals surface area contributed by atoms with Crippen molar-refractivity contribution in [3.8, 4) is 0 Å². The second-order valence-electron chi connectivity index (χ2n) is 4.28. The minimum Gasteiger partial charge on any atom is -0.450 e. The van der Waals surface area contributed by atoms with Gasteiger partial charge in [-0.25, -0.2) is 0 Å². The van der Waals surface area contributed by atoms with Crippen LogP contribution in [0.3, 0.4) is 0 Å². The molecule has 3 rings (SSSR count). The highest BCUT2D eigenvalue weighted by Gasteiger charge is 2.21. The van der Waals surface area contributed by atoms with Crippen LogP contribution in [-0.2, 0) is 11.2 Å². The first kappa shape index (κ1) is 11.5. The number of halogens is 1. The summed E-state index contributed by atoms with van der Waals surface area (Å²) >= 11 is 3.26. The Labute approximate surface area is 113 Å². The maximum absolute atomic E-state index is 12.0. The number of ketones is 1. The Hall–Kier alpha value is -1.61. The fraction of sp³-hybridized carbons (Fsp3) is 0.133. The molecule has 0 unspecified atom stereocenters. The van der Waals surface area contributed by atoms with Gasteiger partial charge < -0.3 is 4.42 Å². The number of allylic oxidation sites excluding steroid dienone is 1. The molecule has 0 bridgehead atoms. The number of aryl methyl sites for hydroxylation is 1. The summed E-state index contributed by atoms with van der Waals surface area (Å²) in [6, 6.07) is 11.7. The van der Waals surface area contributed by atoms with E-state index >= 15 is 0 Å². The minimum atomic E-state index is 0.182. The molecular weight excluding hydrogens is 292 g/mol. The Bertz CT molecular complexity index is 637. The lowest BCUT2D eigenvalue weighted by molar-refractivity contribution is -0.113. The van der Waals surface area contributed by atoms with E-state index in [4.69, 9.17) is 4.42 Å². The number of carbonyl (C=O) groups is 1. The van der Waals surface area contributed by atoms with Crippen molar-refractivity contribution in [2.75, 3.05) is 0 Å². The van der Waals surface area contributed by atoms with Gasteiger partial charge in [0.2, 0.25) is 0 Å². The summed E-state index contributed by atoms with van der Waals surface area (Å²) in [5.74, 6) is 0.878. The molecule has 0 saturated heterocycles. The second kappa shape index (κ2) is 4.58. The summed E-state index contributed by atoms with van der Waals surface area (Å²) in [6.45, 7) is 0. The molecule has 0 fully saturated rings. The topological polar surface area (TPSA) is 30.2 Å². The second-order valence-corrected chi connectivity index (χ2v) is 5.06. The number of furan rings is 1. The zero-order valence-corrected chi connectivity index (χ0v) is 11.2. The minimum absolute atomic E-state index is 0.182. The SMILES string of the molecule is O=C1CCc2ccccc2C1=Cc1ccc(Br)o1. The molecule has 0 saturated carbocycles. The molecule has 0 N–H and O–H groups in total. The molecule has 1 aromatic carbocycles. The quantitative estimate of drug-likeness (QED) is 0.743. The molecule has 1 aliphatic carbocycles. The van der Waals surface area contributed by atoms with E-state index in [1.165, 1.54) is 5.56 Å². The highest BCUT2D eigenvalue weighted by atomic mass is 79.9. The van der Waals surface area contributed by atoms with E-state index in [9.17, 15) is 4.79 Å². The van der Waals surface area contributed by atoms with E-state index in [0.29, 0.717) is 16.9 Å². The molecule has 1 aliphatic rings. The summed E-state index contributed by atoms with van der Waals surface area (Å²) in [6.07, 6.45) is 3.23. The van der Waals surface area contributed by atoms with Crippen LogP contribution in [0.15, 0.2) is 45.5 Å². The Balaban J connectivity index is 2.10. The number of hydrogen-bond donors (Lipinski definition) is 0. The Kier molecular flexibility index (Phi) is 2.92. The normalized spacial score (nSPS) is 16.9. The fourth-order valence-corrected chi connectivity index (χ4v) is 2.56. The molecule has 0 aliphatic heterocycles. The van der Waals surface area contributed by atoms with Gasteiger partial charge in [0.15, 0.2) is 10.5 Å². The van der Waals surface area contributed by atoms with Crippen LogP contribution in [0.5, 0.6) is 0 Å². The van der Waals surface area contributed by atoms with Crippen molar-refractivity contribution in [3.05, 3.63) is 58.0 Å². The van der Waals surface area contributed by atoms with Gasteiger partial charge in [-0.2, -0.15) is 0 Å². The molecule has 1 heterocycles. The summed E-state index contributed by atoms with van der Waals surface area (Å²) in [5, 5.41) is 0. The van der Waals surface area contributed by atoms with Gasteiger partial charge in [-0.15, -0.1) is 0 Å². The maximum Gasteiger partial charge on any atom is 0.169 e. The predicted octanol–water partition coefficient (Wildman–Crippen LogP) is 4.10. The van der Waals surface area contributed by atoms with E-state index in [-0.39, 0.29) is 5.78 Å². The third-order valence-corrected chi connectivity index (χ3v) is 3.54. The van der Waals surface area contributed by atoms with E-state index in [1.54, 1.807) is 0 Å². The van der Waals surface area contributed by atoms with Gasteiger partial charge in [-0.3, -0.25) is 4.79 Å². The Morgan fingerprint density at radius 3 is 2.72 bits per heavy atom. The standard InChI is InChI=1S/C15H11BrO2/c16-15-8-6-11(18-15)9-13-12-4-2-1-3-10(12)5-7-14(13)17/h1-4,6,8-9H,5,7H2. The Morgan fingerprint density at radius 2 is 1.94 bits per heavy atom. The number of benzene rings is 1. The summed E-state index contributed by atoms with van der Waals surface area (Å²) in [7, 11) is 0. The van der Waals surface area contributed by atoms with Crippen LogP contribution in [-0.4, -0.2) is 5.78 Å². The number of hydrogen-bond acceptors (Lipinski definition) is 2. The number of rotatable bonds is 1. The summed E-state index contributed by atoms with van der Waals surface area (Å²) < 4.78 is 6.11. The Morgan fingerprint density at radius 1 is 1.11 bits per heavy atom. The first-order valence-electron chi connectivity index (χ1n) is 5.82. The largest absolute Gasteiger partial charge is 0.450 e. The van der Waals surface area contributed by atoms with Crippen LogP contribution < -0.4 is 0 Å². The molecule has 0 atom stereocenters. The van der Waals surface area contributed by atoms with Crippen LogP contribution in [0, 0.1) is 0 Å².